The molecule has 1 fully saturated rings. The van der Waals surface area contributed by atoms with Gasteiger partial charge in [-0.15, -0.1) is 0 Å². The van der Waals surface area contributed by atoms with Crippen LogP contribution in [-0.4, -0.2) is 34.5 Å². The van der Waals surface area contributed by atoms with Crippen molar-refractivity contribution in [3.05, 3.63) is 59.7 Å². The maximum atomic E-state index is 13.0. The van der Waals surface area contributed by atoms with Crippen molar-refractivity contribution in [2.24, 2.45) is 7.05 Å². The van der Waals surface area contributed by atoms with Gasteiger partial charge in [-0.2, -0.15) is 0 Å². The molecule has 1 amide bonds. The molecule has 0 radical (unpaired) electrons. The molecule has 9 heteroatoms. The van der Waals surface area contributed by atoms with Crippen molar-refractivity contribution >= 4 is 21.4 Å². The molecule has 8 nitrogen and oxygen atoms in total. The third kappa shape index (κ3) is 3.97. The van der Waals surface area contributed by atoms with Gasteiger partial charge in [0.1, 0.15) is 0 Å². The first-order chi connectivity index (χ1) is 14.5. The zero-order chi connectivity index (χ0) is 21.1. The van der Waals surface area contributed by atoms with Crippen LogP contribution in [0.15, 0.2) is 58.6 Å². The molecule has 0 spiro atoms. The Hall–Kier alpha value is -3.07. The van der Waals surface area contributed by atoms with Gasteiger partial charge in [-0.25, -0.2) is 13.1 Å². The number of anilines is 1. The lowest BCUT2D eigenvalue weighted by Gasteiger charge is -2.22. The van der Waals surface area contributed by atoms with Gasteiger partial charge in [0.15, 0.2) is 0 Å². The van der Waals surface area contributed by atoms with Gasteiger partial charge in [0.25, 0.3) is 11.1 Å². The number of aryl methyl sites for hydroxylation is 1. The number of aromatic nitrogens is 4. The molecular formula is C21H23N5O3S. The molecule has 4 rings (SSSR count). The minimum atomic E-state index is -4.05. The molecule has 30 heavy (non-hydrogen) atoms. The van der Waals surface area contributed by atoms with Crippen LogP contribution < -0.4 is 5.32 Å². The largest absolute Gasteiger partial charge is 0.322 e. The Labute approximate surface area is 175 Å². The van der Waals surface area contributed by atoms with Gasteiger partial charge in [-0.3, -0.25) is 4.79 Å². The van der Waals surface area contributed by atoms with Crippen molar-refractivity contribution in [2.45, 2.75) is 48.1 Å². The second kappa shape index (κ2) is 8.35. The van der Waals surface area contributed by atoms with Crippen LogP contribution in [0.5, 0.6) is 0 Å². The summed E-state index contributed by atoms with van der Waals surface area (Å²) in [6, 6.07) is 13.9. The predicted octanol–water partition coefficient (Wildman–Crippen LogP) is 3.34. The van der Waals surface area contributed by atoms with Gasteiger partial charge >= 0.3 is 0 Å². The van der Waals surface area contributed by atoms with E-state index in [-0.39, 0.29) is 15.6 Å². The highest BCUT2D eigenvalue weighted by molar-refractivity contribution is 7.91. The highest BCUT2D eigenvalue weighted by atomic mass is 32.2. The van der Waals surface area contributed by atoms with E-state index >= 15 is 0 Å². The maximum Gasteiger partial charge on any atom is 0.272 e. The summed E-state index contributed by atoms with van der Waals surface area (Å²) >= 11 is 0. The van der Waals surface area contributed by atoms with Crippen LogP contribution in [0.2, 0.25) is 0 Å². The minimum absolute atomic E-state index is 0.0388. The zero-order valence-electron chi connectivity index (χ0n) is 16.7. The van der Waals surface area contributed by atoms with E-state index in [0.29, 0.717) is 11.6 Å². The Morgan fingerprint density at radius 3 is 2.40 bits per heavy atom. The summed E-state index contributed by atoms with van der Waals surface area (Å²) in [4.78, 5) is 12.7. The summed E-state index contributed by atoms with van der Waals surface area (Å²) in [6.07, 6.45) is 6.23. The van der Waals surface area contributed by atoms with Crippen molar-refractivity contribution in [1.29, 1.82) is 0 Å². The summed E-state index contributed by atoms with van der Waals surface area (Å²) in [7, 11) is -2.62. The Bertz CT molecular complexity index is 1150. The molecule has 1 aromatic heterocycles. The topological polar surface area (TPSA) is 107 Å². The quantitative estimate of drug-likeness (QED) is 0.672. The van der Waals surface area contributed by atoms with Gasteiger partial charge in [-0.1, -0.05) is 48.6 Å². The Balaban J connectivity index is 1.57. The molecule has 1 aliphatic rings. The van der Waals surface area contributed by atoms with Crippen LogP contribution in [0.1, 0.15) is 53.9 Å². The maximum absolute atomic E-state index is 13.0. The predicted molar refractivity (Wildman–Crippen MR) is 111 cm³/mol. The van der Waals surface area contributed by atoms with E-state index in [4.69, 9.17) is 0 Å². The van der Waals surface area contributed by atoms with Gasteiger partial charge in [0.2, 0.25) is 9.84 Å². The molecule has 3 aromatic rings. The van der Waals surface area contributed by atoms with E-state index in [1.807, 2.05) is 24.3 Å². The minimum Gasteiger partial charge on any atom is -0.322 e. The van der Waals surface area contributed by atoms with Gasteiger partial charge in [0.05, 0.1) is 10.5 Å². The van der Waals surface area contributed by atoms with Gasteiger partial charge in [-0.05, 0) is 59.0 Å². The molecular weight excluding hydrogens is 402 g/mol. The molecule has 0 atom stereocenters. The smallest absolute Gasteiger partial charge is 0.272 e. The molecule has 0 aliphatic heterocycles. The molecule has 1 saturated carbocycles. The fourth-order valence-corrected chi connectivity index (χ4v) is 5.34. The lowest BCUT2D eigenvalue weighted by molar-refractivity contribution is 0.102. The first-order valence-electron chi connectivity index (χ1n) is 9.94. The average Bonchev–Trinajstić information content (AvgIpc) is 3.22. The Morgan fingerprint density at radius 1 is 1.03 bits per heavy atom. The number of benzene rings is 2. The summed E-state index contributed by atoms with van der Waals surface area (Å²) < 4.78 is 27.0. The fourth-order valence-electron chi connectivity index (χ4n) is 3.91. The first kappa shape index (κ1) is 20.2. The lowest BCUT2D eigenvalue weighted by Crippen LogP contribution is -2.18. The van der Waals surface area contributed by atoms with Crippen LogP contribution >= 0.6 is 0 Å². The standard InChI is InChI=1S/C21H23N5O3S/c1-26-21(23-24-25-26)30(28,29)19-10-6-5-9-18(19)20(27)22-17-13-11-16(12-14-17)15-7-3-2-4-8-15/h5-6,9-15H,2-4,7-8H2,1H3,(H,22,27). The van der Waals surface area contributed by atoms with Gasteiger partial charge < -0.3 is 5.32 Å². The lowest BCUT2D eigenvalue weighted by atomic mass is 9.84. The van der Waals surface area contributed by atoms with Crippen LogP contribution in [-0.2, 0) is 16.9 Å². The fraction of sp³-hybridized carbons (Fsp3) is 0.333. The third-order valence-corrected chi connectivity index (χ3v) is 7.25. The SMILES string of the molecule is Cn1nnnc1S(=O)(=O)c1ccccc1C(=O)Nc1ccc(C2CCCCC2)cc1. The number of hydrogen-bond acceptors (Lipinski definition) is 6. The molecule has 0 bridgehead atoms. The highest BCUT2D eigenvalue weighted by Gasteiger charge is 2.29. The third-order valence-electron chi connectivity index (χ3n) is 5.49. The van der Waals surface area contributed by atoms with E-state index in [9.17, 15) is 13.2 Å². The molecule has 0 unspecified atom stereocenters. The molecule has 0 saturated heterocycles. The van der Waals surface area contributed by atoms with E-state index in [2.05, 4.69) is 20.8 Å². The number of carbonyl (C=O) groups excluding carboxylic acids is 1. The molecule has 2 aromatic carbocycles. The molecule has 1 heterocycles. The summed E-state index contributed by atoms with van der Waals surface area (Å²) in [5.41, 5.74) is 1.94. The van der Waals surface area contributed by atoms with Crippen LogP contribution in [0.25, 0.3) is 0 Å². The first-order valence-corrected chi connectivity index (χ1v) is 11.4. The van der Waals surface area contributed by atoms with Crippen LogP contribution in [0.4, 0.5) is 5.69 Å². The average molecular weight is 426 g/mol. The molecule has 156 valence electrons. The monoisotopic (exact) mass is 425 g/mol. The molecule has 1 N–H and O–H groups in total. The number of amides is 1. The Morgan fingerprint density at radius 2 is 1.73 bits per heavy atom. The highest BCUT2D eigenvalue weighted by Crippen LogP contribution is 2.33. The number of nitrogens with zero attached hydrogens (tertiary/aromatic N) is 4. The number of sulfone groups is 1. The van der Waals surface area contributed by atoms with E-state index in [1.165, 1.54) is 56.8 Å². The Kier molecular flexibility index (Phi) is 5.63. The summed E-state index contributed by atoms with van der Waals surface area (Å²) in [6.45, 7) is 0. The van der Waals surface area contributed by atoms with E-state index < -0.39 is 15.7 Å². The van der Waals surface area contributed by atoms with Crippen molar-refractivity contribution in [3.63, 3.8) is 0 Å². The van der Waals surface area contributed by atoms with Crippen LogP contribution in [0.3, 0.4) is 0 Å². The number of nitrogens with one attached hydrogen (secondary N) is 1. The van der Waals surface area contributed by atoms with Crippen molar-refractivity contribution in [2.75, 3.05) is 5.32 Å². The van der Waals surface area contributed by atoms with Gasteiger partial charge in [0, 0.05) is 12.7 Å². The second-order valence-electron chi connectivity index (χ2n) is 7.50. The zero-order valence-corrected chi connectivity index (χ0v) is 17.5. The normalized spacial score (nSPS) is 15.1. The van der Waals surface area contributed by atoms with E-state index in [1.54, 1.807) is 12.1 Å². The molecule has 1 aliphatic carbocycles. The van der Waals surface area contributed by atoms with E-state index in [0.717, 1.165) is 4.68 Å². The summed E-state index contributed by atoms with van der Waals surface area (Å²) in [5.74, 6) is 0.0732. The van der Waals surface area contributed by atoms with Crippen molar-refractivity contribution < 1.29 is 13.2 Å². The van der Waals surface area contributed by atoms with Crippen molar-refractivity contribution in [3.8, 4) is 0 Å². The number of tetrazole rings is 1. The summed E-state index contributed by atoms with van der Waals surface area (Å²) in [5, 5.41) is 13.0. The second-order valence-corrected chi connectivity index (χ2v) is 9.31. The van der Waals surface area contributed by atoms with Crippen LogP contribution in [0, 0.1) is 0 Å². The number of rotatable bonds is 5. The number of carbonyl (C=O) groups is 1. The van der Waals surface area contributed by atoms with Crippen molar-refractivity contribution in [1.82, 2.24) is 20.2 Å². The number of hydrogen-bond donors (Lipinski definition) is 1.